The second kappa shape index (κ2) is 7.86. The molecule has 3 aromatic rings. The van der Waals surface area contributed by atoms with Gasteiger partial charge in [-0.05, 0) is 19.1 Å². The van der Waals surface area contributed by atoms with Gasteiger partial charge in [-0.1, -0.05) is 18.2 Å². The Kier molecular flexibility index (Phi) is 5.43. The molecule has 10 nitrogen and oxygen atoms in total. The summed E-state index contributed by atoms with van der Waals surface area (Å²) < 4.78 is 18.5. The summed E-state index contributed by atoms with van der Waals surface area (Å²) in [5, 5.41) is 21.5. The van der Waals surface area contributed by atoms with Crippen LogP contribution in [0.1, 0.15) is 13.2 Å². The highest BCUT2D eigenvalue weighted by molar-refractivity contribution is 8.00. The number of nitrogens with two attached hydrogens (primary N) is 1. The van der Waals surface area contributed by atoms with Crippen LogP contribution in [-0.2, 0) is 21.1 Å². The second-order valence-corrected chi connectivity index (χ2v) is 8.49. The number of nitrogens with zero attached hydrogens (tertiary/aromatic N) is 4. The highest BCUT2D eigenvalue weighted by Gasteiger charge is 2.54. The van der Waals surface area contributed by atoms with Crippen LogP contribution in [0.3, 0.4) is 0 Å². The Morgan fingerprint density at radius 2 is 2.07 bits per heavy atom. The van der Waals surface area contributed by atoms with Crippen LogP contribution in [0.2, 0.25) is 0 Å². The van der Waals surface area contributed by atoms with Gasteiger partial charge in [-0.25, -0.2) is 15.0 Å². The zero-order valence-electron chi connectivity index (χ0n) is 15.3. The standard InChI is InChI=1S/C17H19N5O5PS/c1-17(24)13(23)11(7-25-28(29)27-10-5-3-2-4-6-10)26-16(17)22-9-21-12-14(18)19-8-20-15(12)22/h2-6,8-9,11,13,16,23-24H,7H2,1H3,(H2,18,19,20)/q+1. The molecule has 4 rings (SSSR count). The van der Waals surface area contributed by atoms with Gasteiger partial charge in [-0.2, -0.15) is 0 Å². The van der Waals surface area contributed by atoms with Crippen LogP contribution in [-0.4, -0.2) is 54.1 Å². The third-order valence-corrected chi connectivity index (χ3v) is 5.92. The third-order valence-electron chi connectivity index (χ3n) is 4.66. The molecule has 5 atom stereocenters. The second-order valence-electron chi connectivity index (χ2n) is 6.70. The van der Waals surface area contributed by atoms with E-state index in [2.05, 4.69) is 15.0 Å². The molecule has 1 saturated heterocycles. The quantitative estimate of drug-likeness (QED) is 0.485. The third kappa shape index (κ3) is 3.80. The molecule has 1 aliphatic rings. The Hall–Kier alpha value is -2.27. The fourth-order valence-electron chi connectivity index (χ4n) is 3.15. The number of ether oxygens (including phenoxy) is 1. The molecule has 0 spiro atoms. The average Bonchev–Trinajstić information content (AvgIpc) is 3.22. The molecular weight excluding hydrogens is 417 g/mol. The van der Waals surface area contributed by atoms with Crippen molar-refractivity contribution in [3.05, 3.63) is 43.0 Å². The topological polar surface area (TPSA) is 138 Å². The molecule has 0 aliphatic carbocycles. The Bertz CT molecular complexity index is 1030. The molecule has 1 fully saturated rings. The zero-order valence-corrected chi connectivity index (χ0v) is 17.0. The van der Waals surface area contributed by atoms with Gasteiger partial charge < -0.3 is 20.7 Å². The van der Waals surface area contributed by atoms with Gasteiger partial charge in [-0.15, -0.1) is 4.52 Å². The average molecular weight is 436 g/mol. The Balaban J connectivity index is 1.48. The van der Waals surface area contributed by atoms with Crippen LogP contribution in [0, 0.1) is 0 Å². The molecule has 2 aromatic heterocycles. The van der Waals surface area contributed by atoms with Crippen LogP contribution in [0.4, 0.5) is 5.82 Å². The first kappa shape index (κ1) is 20.0. The molecule has 0 radical (unpaired) electrons. The first-order valence-corrected chi connectivity index (χ1v) is 10.9. The molecule has 0 amide bonds. The number of hydrogen-bond acceptors (Lipinski definition) is 10. The maximum absolute atomic E-state index is 10.9. The van der Waals surface area contributed by atoms with Crippen LogP contribution in [0.5, 0.6) is 5.75 Å². The molecule has 152 valence electrons. The predicted octanol–water partition coefficient (Wildman–Crippen LogP) is 1.29. The number of hydrogen-bond donors (Lipinski definition) is 3. The van der Waals surface area contributed by atoms with E-state index in [0.29, 0.717) is 16.9 Å². The number of anilines is 1. The molecule has 12 heteroatoms. The molecule has 5 unspecified atom stereocenters. The number of rotatable bonds is 6. The predicted molar refractivity (Wildman–Crippen MR) is 108 cm³/mol. The Morgan fingerprint density at radius 3 is 2.83 bits per heavy atom. The van der Waals surface area contributed by atoms with Crippen molar-refractivity contribution in [2.24, 2.45) is 0 Å². The van der Waals surface area contributed by atoms with E-state index >= 15 is 0 Å². The van der Waals surface area contributed by atoms with Crippen molar-refractivity contribution in [2.75, 3.05) is 12.3 Å². The summed E-state index contributed by atoms with van der Waals surface area (Å²) in [6.07, 6.45) is -0.305. The maximum atomic E-state index is 10.9. The monoisotopic (exact) mass is 436 g/mol. The van der Waals surface area contributed by atoms with Crippen molar-refractivity contribution in [2.45, 2.75) is 31.0 Å². The highest BCUT2D eigenvalue weighted by Crippen LogP contribution is 2.40. The molecule has 4 N–H and O–H groups in total. The summed E-state index contributed by atoms with van der Waals surface area (Å²) in [7, 11) is -1.66. The minimum Gasteiger partial charge on any atom is -0.387 e. The van der Waals surface area contributed by atoms with E-state index in [1.54, 1.807) is 12.1 Å². The summed E-state index contributed by atoms with van der Waals surface area (Å²) in [5.74, 6) is 0.801. The molecular formula is C17H19N5O5PS+. The first-order valence-electron chi connectivity index (χ1n) is 8.70. The number of nitrogen functional groups attached to an aromatic ring is 1. The van der Waals surface area contributed by atoms with E-state index in [9.17, 15) is 10.2 Å². The van der Waals surface area contributed by atoms with Crippen molar-refractivity contribution < 1.29 is 24.0 Å². The van der Waals surface area contributed by atoms with Crippen LogP contribution < -0.4 is 10.3 Å². The fourth-order valence-corrected chi connectivity index (χ4v) is 4.20. The van der Waals surface area contributed by atoms with Crippen molar-refractivity contribution in [1.29, 1.82) is 0 Å². The van der Waals surface area contributed by atoms with Crippen molar-refractivity contribution >= 4 is 35.9 Å². The van der Waals surface area contributed by atoms with E-state index in [4.69, 9.17) is 31.3 Å². The van der Waals surface area contributed by atoms with E-state index in [1.165, 1.54) is 24.1 Å². The van der Waals surface area contributed by atoms with Gasteiger partial charge in [0.25, 0.3) is 0 Å². The van der Waals surface area contributed by atoms with Crippen molar-refractivity contribution in [3.63, 3.8) is 0 Å². The fraction of sp³-hybridized carbons (Fsp3) is 0.353. The summed E-state index contributed by atoms with van der Waals surface area (Å²) in [6.45, 7) is 1.41. The van der Waals surface area contributed by atoms with Crippen LogP contribution >= 0.6 is 7.15 Å². The van der Waals surface area contributed by atoms with E-state index in [1.807, 2.05) is 18.2 Å². The van der Waals surface area contributed by atoms with Gasteiger partial charge in [0.15, 0.2) is 23.4 Å². The van der Waals surface area contributed by atoms with Gasteiger partial charge in [0.1, 0.15) is 36.3 Å². The molecule has 0 bridgehead atoms. The number of aliphatic hydroxyl groups excluding tert-OH is 1. The van der Waals surface area contributed by atoms with Gasteiger partial charge >= 0.3 is 7.15 Å². The minimum absolute atomic E-state index is 0.0559. The lowest BCUT2D eigenvalue weighted by atomic mass is 9.96. The Morgan fingerprint density at radius 1 is 1.31 bits per heavy atom. The van der Waals surface area contributed by atoms with E-state index in [-0.39, 0.29) is 12.4 Å². The van der Waals surface area contributed by atoms with Crippen LogP contribution in [0.15, 0.2) is 43.0 Å². The van der Waals surface area contributed by atoms with E-state index < -0.39 is 31.2 Å². The Labute approximate surface area is 171 Å². The van der Waals surface area contributed by atoms with E-state index in [0.717, 1.165) is 0 Å². The zero-order chi connectivity index (χ0) is 20.6. The number of benzene rings is 1. The molecule has 3 heterocycles. The summed E-state index contributed by atoms with van der Waals surface area (Å²) in [4.78, 5) is 12.2. The lowest BCUT2D eigenvalue weighted by molar-refractivity contribution is -0.0947. The lowest BCUT2D eigenvalue weighted by Gasteiger charge is -2.27. The van der Waals surface area contributed by atoms with Gasteiger partial charge in [0.05, 0.1) is 6.33 Å². The van der Waals surface area contributed by atoms with Crippen molar-refractivity contribution in [3.8, 4) is 5.75 Å². The highest BCUT2D eigenvalue weighted by atomic mass is 32.4. The largest absolute Gasteiger partial charge is 0.573 e. The first-order chi connectivity index (χ1) is 13.9. The number of fused-ring (bicyclic) bond motifs is 1. The smallest absolute Gasteiger partial charge is 0.387 e. The molecule has 29 heavy (non-hydrogen) atoms. The summed E-state index contributed by atoms with van der Waals surface area (Å²) in [6, 6.07) is 9.05. The molecule has 1 aliphatic heterocycles. The van der Waals surface area contributed by atoms with Crippen LogP contribution in [0.25, 0.3) is 11.2 Å². The van der Waals surface area contributed by atoms with Gasteiger partial charge in [0.2, 0.25) is 11.8 Å². The van der Waals surface area contributed by atoms with Gasteiger partial charge in [0, 0.05) is 0 Å². The number of imidazole rings is 1. The maximum Gasteiger partial charge on any atom is 0.573 e. The normalized spacial score (nSPS) is 27.3. The van der Waals surface area contributed by atoms with Crippen molar-refractivity contribution in [1.82, 2.24) is 19.5 Å². The number of aliphatic hydroxyl groups is 2. The summed E-state index contributed by atoms with van der Waals surface area (Å²) in [5.41, 5.74) is 4.94. The number of aromatic nitrogens is 4. The SMILES string of the molecule is CC1(O)C(O)C(CO[P+](=S)Oc2ccccc2)OC1n1cnc2c(N)ncnc21. The minimum atomic E-state index is -1.66. The summed E-state index contributed by atoms with van der Waals surface area (Å²) >= 11 is 5.21. The van der Waals surface area contributed by atoms with Gasteiger partial charge in [-0.3, -0.25) is 9.09 Å². The lowest BCUT2D eigenvalue weighted by Crippen LogP contribution is -2.44. The molecule has 0 saturated carbocycles. The molecule has 1 aromatic carbocycles. The number of para-hydroxylation sites is 1.